The molecular formula is C23H23N3O7. The number of nitrogens with zero attached hydrogens (tertiary/aromatic N) is 2. The van der Waals surface area contributed by atoms with Gasteiger partial charge in [-0.3, -0.25) is 29.6 Å². The van der Waals surface area contributed by atoms with Crippen molar-refractivity contribution in [2.45, 2.75) is 26.6 Å². The van der Waals surface area contributed by atoms with Crippen LogP contribution in [0.15, 0.2) is 53.5 Å². The van der Waals surface area contributed by atoms with Gasteiger partial charge in [0, 0.05) is 12.5 Å². The maximum Gasteiger partial charge on any atom is 0.409 e. The molecule has 0 fully saturated rings. The highest BCUT2D eigenvalue weighted by Crippen LogP contribution is 2.29. The molecule has 0 aromatic heterocycles. The molecule has 0 aliphatic carbocycles. The summed E-state index contributed by atoms with van der Waals surface area (Å²) in [5, 5.41) is 11.8. The Labute approximate surface area is 189 Å². The number of rotatable bonds is 7. The van der Waals surface area contributed by atoms with Gasteiger partial charge in [-0.05, 0) is 18.1 Å². The monoisotopic (exact) mass is 453 g/mol. The van der Waals surface area contributed by atoms with Crippen LogP contribution in [0.1, 0.15) is 23.6 Å². The van der Waals surface area contributed by atoms with Crippen molar-refractivity contribution in [3.63, 3.8) is 0 Å². The highest BCUT2D eigenvalue weighted by Gasteiger charge is 2.35. The van der Waals surface area contributed by atoms with Gasteiger partial charge in [0.2, 0.25) is 6.17 Å². The molecule has 2 amide bonds. The Hall–Kier alpha value is -4.21. The third kappa shape index (κ3) is 5.94. The van der Waals surface area contributed by atoms with Crippen molar-refractivity contribution in [3.05, 3.63) is 65.2 Å². The van der Waals surface area contributed by atoms with E-state index in [0.29, 0.717) is 16.8 Å². The summed E-state index contributed by atoms with van der Waals surface area (Å²) < 4.78 is 10.3. The molecule has 2 aromatic rings. The second-order valence-electron chi connectivity index (χ2n) is 7.25. The predicted octanol–water partition coefficient (Wildman–Crippen LogP) is 2.03. The van der Waals surface area contributed by atoms with Crippen molar-refractivity contribution >= 4 is 35.3 Å². The van der Waals surface area contributed by atoms with Crippen LogP contribution in [0.25, 0.3) is 0 Å². The van der Waals surface area contributed by atoms with E-state index in [9.17, 15) is 24.3 Å². The van der Waals surface area contributed by atoms with E-state index in [4.69, 9.17) is 9.47 Å². The lowest BCUT2D eigenvalue weighted by molar-refractivity contribution is -0.139. The maximum absolute atomic E-state index is 13.3. The van der Waals surface area contributed by atoms with E-state index >= 15 is 0 Å². The molecule has 0 spiro atoms. The van der Waals surface area contributed by atoms with Crippen LogP contribution in [0.5, 0.6) is 0 Å². The summed E-state index contributed by atoms with van der Waals surface area (Å²) in [6.45, 7) is 2.00. The number of esters is 1. The van der Waals surface area contributed by atoms with Crippen LogP contribution < -0.4 is 10.2 Å². The molecule has 1 heterocycles. The molecule has 172 valence electrons. The second-order valence-corrected chi connectivity index (χ2v) is 7.25. The smallest absolute Gasteiger partial charge is 0.409 e. The van der Waals surface area contributed by atoms with Crippen LogP contribution in [0.2, 0.25) is 0 Å². The first kappa shape index (κ1) is 23.5. The third-order valence-electron chi connectivity index (χ3n) is 4.78. The molecular weight excluding hydrogens is 430 g/mol. The van der Waals surface area contributed by atoms with Gasteiger partial charge in [0.05, 0.1) is 11.4 Å². The van der Waals surface area contributed by atoms with Crippen molar-refractivity contribution < 1.29 is 33.8 Å². The first-order chi connectivity index (χ1) is 15.8. The highest BCUT2D eigenvalue weighted by molar-refractivity contribution is 6.15. The van der Waals surface area contributed by atoms with Crippen molar-refractivity contribution in [2.24, 2.45) is 4.99 Å². The number of carboxylic acid groups (broad SMARTS) is 1. The molecule has 2 aromatic carbocycles. The number of aliphatic imine (C=N–C) groups is 1. The maximum atomic E-state index is 13.3. The lowest BCUT2D eigenvalue weighted by Crippen LogP contribution is -2.49. The number of aliphatic carboxylic acids is 1. The van der Waals surface area contributed by atoms with Crippen molar-refractivity contribution in [1.29, 1.82) is 0 Å². The van der Waals surface area contributed by atoms with E-state index in [1.54, 1.807) is 49.4 Å². The minimum Gasteiger partial charge on any atom is -0.480 e. The fourth-order valence-electron chi connectivity index (χ4n) is 3.34. The van der Waals surface area contributed by atoms with Gasteiger partial charge in [0.1, 0.15) is 19.8 Å². The van der Waals surface area contributed by atoms with E-state index < -0.39 is 36.6 Å². The van der Waals surface area contributed by atoms with E-state index in [1.165, 1.54) is 6.92 Å². The molecule has 0 saturated heterocycles. The fourth-order valence-corrected chi connectivity index (χ4v) is 3.34. The second kappa shape index (κ2) is 10.4. The number of amides is 2. The van der Waals surface area contributed by atoms with E-state index in [2.05, 4.69) is 10.3 Å². The number of anilines is 1. The summed E-state index contributed by atoms with van der Waals surface area (Å²) in [5.74, 6) is -2.56. The Morgan fingerprint density at radius 3 is 2.45 bits per heavy atom. The summed E-state index contributed by atoms with van der Waals surface area (Å²) in [4.78, 5) is 53.9. The lowest BCUT2D eigenvalue weighted by Gasteiger charge is -2.25. The van der Waals surface area contributed by atoms with Gasteiger partial charge >= 0.3 is 18.0 Å². The molecule has 1 atom stereocenters. The molecule has 0 saturated carbocycles. The van der Waals surface area contributed by atoms with Crippen LogP contribution in [0.4, 0.5) is 10.5 Å². The Kier molecular flexibility index (Phi) is 7.39. The van der Waals surface area contributed by atoms with Crippen LogP contribution in [0, 0.1) is 6.92 Å². The molecule has 1 aliphatic rings. The van der Waals surface area contributed by atoms with Crippen LogP contribution in [-0.4, -0.2) is 54.1 Å². The van der Waals surface area contributed by atoms with Gasteiger partial charge in [0.15, 0.2) is 0 Å². The quantitative estimate of drug-likeness (QED) is 0.613. The zero-order chi connectivity index (χ0) is 24.0. The first-order valence-corrected chi connectivity index (χ1v) is 10.1. The molecule has 33 heavy (non-hydrogen) atoms. The number of para-hydroxylation sites is 1. The fraction of sp³-hybridized carbons (Fsp3) is 0.261. The Balaban J connectivity index is 1.93. The minimum absolute atomic E-state index is 0.0320. The Bertz CT molecular complexity index is 1100. The Morgan fingerprint density at radius 1 is 1.06 bits per heavy atom. The van der Waals surface area contributed by atoms with Crippen molar-refractivity contribution in [1.82, 2.24) is 5.32 Å². The normalized spacial score (nSPS) is 15.1. The van der Waals surface area contributed by atoms with E-state index in [0.717, 1.165) is 10.5 Å². The zero-order valence-corrected chi connectivity index (χ0v) is 18.1. The molecule has 3 rings (SSSR count). The van der Waals surface area contributed by atoms with Crippen LogP contribution >= 0.6 is 0 Å². The summed E-state index contributed by atoms with van der Waals surface area (Å²) in [6.07, 6.45) is -2.39. The number of nitrogens with one attached hydrogen (secondary N) is 1. The number of alkyl carbamates (subject to hydrolysis) is 1. The number of ether oxygens (including phenoxy) is 2. The van der Waals surface area contributed by atoms with E-state index in [1.807, 2.05) is 6.07 Å². The summed E-state index contributed by atoms with van der Waals surface area (Å²) in [5.41, 5.74) is 2.31. The number of aryl methyl sites for hydroxylation is 1. The zero-order valence-electron chi connectivity index (χ0n) is 18.1. The van der Waals surface area contributed by atoms with Gasteiger partial charge in [-0.25, -0.2) is 4.79 Å². The number of hydrogen-bond acceptors (Lipinski definition) is 7. The van der Waals surface area contributed by atoms with Gasteiger partial charge < -0.3 is 14.6 Å². The molecule has 1 aliphatic heterocycles. The molecule has 2 N–H and O–H groups in total. The number of carboxylic acids is 1. The number of benzene rings is 2. The molecule has 10 nitrogen and oxygen atoms in total. The van der Waals surface area contributed by atoms with Gasteiger partial charge in [-0.1, -0.05) is 48.5 Å². The van der Waals surface area contributed by atoms with Gasteiger partial charge in [-0.15, -0.1) is 0 Å². The van der Waals surface area contributed by atoms with Crippen molar-refractivity contribution in [3.8, 4) is 0 Å². The van der Waals surface area contributed by atoms with Crippen LogP contribution in [0.3, 0.4) is 0 Å². The highest BCUT2D eigenvalue weighted by atomic mass is 16.5. The minimum atomic E-state index is -1.48. The largest absolute Gasteiger partial charge is 0.480 e. The van der Waals surface area contributed by atoms with Gasteiger partial charge in [-0.2, -0.15) is 0 Å². The predicted molar refractivity (Wildman–Crippen MR) is 118 cm³/mol. The lowest BCUT2D eigenvalue weighted by atomic mass is 10.0. The average Bonchev–Trinajstić information content (AvgIpc) is 2.88. The number of carbonyl (C=O) groups excluding carboxylic acids is 3. The van der Waals surface area contributed by atoms with Crippen molar-refractivity contribution in [2.75, 3.05) is 18.1 Å². The topological polar surface area (TPSA) is 135 Å². The summed E-state index contributed by atoms with van der Waals surface area (Å²) in [6, 6.07) is 14.0. The SMILES string of the molecule is CC(=O)OCC1=NC(NC(=O)OCc2ccccc2)C(=O)N(CC(=O)O)c2c(C)cccc21. The van der Waals surface area contributed by atoms with E-state index in [-0.39, 0.29) is 18.9 Å². The average molecular weight is 453 g/mol. The number of benzodiazepines with no additional fused rings is 1. The van der Waals surface area contributed by atoms with Crippen LogP contribution in [-0.2, 0) is 30.5 Å². The first-order valence-electron chi connectivity index (χ1n) is 10.1. The third-order valence-corrected chi connectivity index (χ3v) is 4.78. The summed E-state index contributed by atoms with van der Waals surface area (Å²) >= 11 is 0. The van der Waals surface area contributed by atoms with Gasteiger partial charge in [0.25, 0.3) is 5.91 Å². The number of fused-ring (bicyclic) bond motifs is 1. The molecule has 1 unspecified atom stereocenters. The number of hydrogen-bond donors (Lipinski definition) is 2. The summed E-state index contributed by atoms with van der Waals surface area (Å²) in [7, 11) is 0. The number of carbonyl (C=O) groups is 4. The molecule has 0 radical (unpaired) electrons. The standard InChI is InChI=1S/C23H23N3O7/c1-14-7-6-10-17-18(13-32-15(2)27)24-21(22(30)26(20(14)17)11-19(28)29)25-23(31)33-12-16-8-4-3-5-9-16/h3-10,21H,11-13H2,1-2H3,(H,25,31)(H,28,29). The molecule has 0 bridgehead atoms. The molecule has 10 heteroatoms. The Morgan fingerprint density at radius 2 is 1.79 bits per heavy atom.